The van der Waals surface area contributed by atoms with E-state index in [4.69, 9.17) is 14.2 Å². The molecule has 8 nitrogen and oxygen atoms in total. The van der Waals surface area contributed by atoms with Crippen molar-refractivity contribution in [2.75, 3.05) is 24.7 Å². The molecule has 4 atom stereocenters. The van der Waals surface area contributed by atoms with E-state index in [1.807, 2.05) is 38.1 Å². The maximum atomic E-state index is 14.0. The van der Waals surface area contributed by atoms with Crippen LogP contribution in [0.15, 0.2) is 42.5 Å². The molecule has 2 aromatic carbocycles. The van der Waals surface area contributed by atoms with Gasteiger partial charge in [-0.05, 0) is 43.5 Å². The van der Waals surface area contributed by atoms with Crippen LogP contribution in [-0.2, 0) is 19.1 Å². The lowest BCUT2D eigenvalue weighted by Gasteiger charge is -2.33. The molecule has 35 heavy (non-hydrogen) atoms. The summed E-state index contributed by atoms with van der Waals surface area (Å²) in [6.45, 7) is 6.69. The Morgan fingerprint density at radius 3 is 2.54 bits per heavy atom. The number of imide groups is 1. The van der Waals surface area contributed by atoms with Gasteiger partial charge in [0.05, 0.1) is 24.1 Å². The van der Waals surface area contributed by atoms with Crippen molar-refractivity contribution in [3.05, 3.63) is 53.6 Å². The highest BCUT2D eigenvalue weighted by molar-refractivity contribution is 6.24. The minimum Gasteiger partial charge on any atom is -0.486 e. The van der Waals surface area contributed by atoms with E-state index >= 15 is 0 Å². The van der Waals surface area contributed by atoms with E-state index in [9.17, 15) is 14.4 Å². The van der Waals surface area contributed by atoms with Gasteiger partial charge in [-0.1, -0.05) is 37.6 Å². The Balaban J connectivity index is 1.63. The summed E-state index contributed by atoms with van der Waals surface area (Å²) in [4.78, 5) is 42.6. The normalized spacial score (nSPS) is 27.2. The molecule has 0 unspecified atom stereocenters. The van der Waals surface area contributed by atoms with Crippen molar-refractivity contribution in [3.63, 3.8) is 0 Å². The first kappa shape index (κ1) is 23.4. The van der Waals surface area contributed by atoms with Crippen molar-refractivity contribution in [3.8, 4) is 11.5 Å². The van der Waals surface area contributed by atoms with Crippen LogP contribution in [0.2, 0.25) is 0 Å². The maximum Gasteiger partial charge on any atom is 0.327 e. The van der Waals surface area contributed by atoms with Crippen LogP contribution in [0, 0.1) is 18.8 Å². The number of rotatable bonds is 6. The maximum absolute atomic E-state index is 14.0. The second-order valence-electron chi connectivity index (χ2n) is 9.26. The van der Waals surface area contributed by atoms with E-state index in [2.05, 4.69) is 5.32 Å². The van der Waals surface area contributed by atoms with Crippen LogP contribution in [-0.4, -0.2) is 43.1 Å². The van der Waals surface area contributed by atoms with Gasteiger partial charge in [0.1, 0.15) is 18.8 Å². The molecular weight excluding hydrogens is 448 g/mol. The lowest BCUT2D eigenvalue weighted by molar-refractivity contribution is -0.155. The second kappa shape index (κ2) is 9.00. The van der Waals surface area contributed by atoms with Crippen molar-refractivity contribution >= 4 is 23.5 Å². The minimum absolute atomic E-state index is 0.187. The monoisotopic (exact) mass is 478 g/mol. The van der Waals surface area contributed by atoms with Crippen LogP contribution in [0.4, 0.5) is 5.69 Å². The quantitative estimate of drug-likeness (QED) is 0.503. The first-order chi connectivity index (χ1) is 16.9. The standard InChI is InChI=1S/C27H30N2O6/c1-4-12-27(26(32)33-5-2)22-21(23(28-27)18-9-7-6-8-16(18)3)24(30)29(25(22)31)17-10-11-19-20(15-17)35-14-13-34-19/h6-11,15,21-23,28H,4-5,12-14H2,1-3H3/t21-,22-,23-,27+/m0/s1. The summed E-state index contributed by atoms with van der Waals surface area (Å²) in [6, 6.07) is 12.3. The first-order valence-corrected chi connectivity index (χ1v) is 12.2. The molecule has 0 aliphatic carbocycles. The SMILES string of the molecule is CCC[C@@]1(C(=O)OCC)N[C@@H](c2ccccc2C)[C@H]2C(=O)N(c3ccc4c(c3)OCCO4)C(=O)[C@H]21. The number of amides is 2. The van der Waals surface area contributed by atoms with Gasteiger partial charge in [0.25, 0.3) is 0 Å². The molecule has 3 aliphatic rings. The summed E-state index contributed by atoms with van der Waals surface area (Å²) in [5, 5.41) is 3.44. The number of hydrogen-bond acceptors (Lipinski definition) is 7. The molecule has 5 rings (SSSR count). The topological polar surface area (TPSA) is 94.2 Å². The number of carbonyl (C=O) groups excluding carboxylic acids is 3. The zero-order chi connectivity index (χ0) is 24.7. The number of nitrogens with zero attached hydrogens (tertiary/aromatic N) is 1. The number of hydrogen-bond donors (Lipinski definition) is 1. The molecule has 8 heteroatoms. The molecule has 0 bridgehead atoms. The van der Waals surface area contributed by atoms with E-state index < -0.39 is 35.3 Å². The van der Waals surface area contributed by atoms with Crippen LogP contribution in [0.1, 0.15) is 43.9 Å². The Labute approximate surface area is 204 Å². The van der Waals surface area contributed by atoms with Crippen molar-refractivity contribution in [2.45, 2.75) is 45.2 Å². The fourth-order valence-electron chi connectivity index (χ4n) is 5.80. The van der Waals surface area contributed by atoms with Crippen LogP contribution in [0.25, 0.3) is 0 Å². The Morgan fingerprint density at radius 1 is 1.09 bits per heavy atom. The molecule has 2 amide bonds. The van der Waals surface area contributed by atoms with E-state index in [1.54, 1.807) is 25.1 Å². The third kappa shape index (κ3) is 3.58. The third-order valence-corrected chi connectivity index (χ3v) is 7.25. The Morgan fingerprint density at radius 2 is 1.83 bits per heavy atom. The fourth-order valence-corrected chi connectivity index (χ4v) is 5.80. The number of aryl methyl sites for hydroxylation is 1. The highest BCUT2D eigenvalue weighted by atomic mass is 16.6. The predicted molar refractivity (Wildman–Crippen MR) is 128 cm³/mol. The van der Waals surface area contributed by atoms with Crippen LogP contribution in [0.5, 0.6) is 11.5 Å². The molecule has 184 valence electrons. The largest absolute Gasteiger partial charge is 0.486 e. The van der Waals surface area contributed by atoms with Crippen LogP contribution < -0.4 is 19.7 Å². The highest BCUT2D eigenvalue weighted by Gasteiger charge is 2.68. The van der Waals surface area contributed by atoms with Gasteiger partial charge in [-0.25, -0.2) is 4.90 Å². The van der Waals surface area contributed by atoms with Crippen LogP contribution >= 0.6 is 0 Å². The first-order valence-electron chi connectivity index (χ1n) is 12.2. The second-order valence-corrected chi connectivity index (χ2v) is 9.26. The summed E-state index contributed by atoms with van der Waals surface area (Å²) >= 11 is 0. The summed E-state index contributed by atoms with van der Waals surface area (Å²) < 4.78 is 16.8. The molecule has 1 N–H and O–H groups in total. The molecule has 3 heterocycles. The Kier molecular flexibility index (Phi) is 6.01. The lowest BCUT2D eigenvalue weighted by Crippen LogP contribution is -2.56. The van der Waals surface area contributed by atoms with Gasteiger partial charge in [0.15, 0.2) is 11.5 Å². The molecule has 0 radical (unpaired) electrons. The predicted octanol–water partition coefficient (Wildman–Crippen LogP) is 3.32. The third-order valence-electron chi connectivity index (χ3n) is 7.25. The van der Waals surface area contributed by atoms with Gasteiger partial charge in [0, 0.05) is 12.1 Å². The highest BCUT2D eigenvalue weighted by Crippen LogP contribution is 2.52. The Bertz CT molecular complexity index is 1180. The molecule has 2 saturated heterocycles. The zero-order valence-electron chi connectivity index (χ0n) is 20.2. The molecular formula is C27H30N2O6. The number of carbonyl (C=O) groups is 3. The molecule has 0 saturated carbocycles. The zero-order valence-corrected chi connectivity index (χ0v) is 20.2. The molecule has 0 spiro atoms. The molecule has 2 aromatic rings. The number of nitrogens with one attached hydrogen (secondary N) is 1. The number of esters is 1. The van der Waals surface area contributed by atoms with Crippen molar-refractivity contribution in [1.29, 1.82) is 0 Å². The van der Waals surface area contributed by atoms with E-state index in [0.717, 1.165) is 11.1 Å². The number of anilines is 1. The van der Waals surface area contributed by atoms with Gasteiger partial charge >= 0.3 is 5.97 Å². The molecule has 0 aromatic heterocycles. The number of ether oxygens (including phenoxy) is 3. The fraction of sp³-hybridized carbons (Fsp3) is 0.444. The smallest absolute Gasteiger partial charge is 0.327 e. The molecule has 2 fully saturated rings. The minimum atomic E-state index is -1.29. The summed E-state index contributed by atoms with van der Waals surface area (Å²) in [5.41, 5.74) is 1.00. The van der Waals surface area contributed by atoms with Gasteiger partial charge in [0.2, 0.25) is 11.8 Å². The van der Waals surface area contributed by atoms with Crippen molar-refractivity contribution < 1.29 is 28.6 Å². The van der Waals surface area contributed by atoms with E-state index in [0.29, 0.717) is 43.2 Å². The van der Waals surface area contributed by atoms with E-state index in [-0.39, 0.29) is 12.5 Å². The van der Waals surface area contributed by atoms with Gasteiger partial charge in [-0.15, -0.1) is 0 Å². The Hall–Kier alpha value is -3.39. The van der Waals surface area contributed by atoms with Gasteiger partial charge < -0.3 is 14.2 Å². The average molecular weight is 479 g/mol. The number of benzene rings is 2. The van der Waals surface area contributed by atoms with Gasteiger partial charge in [-0.2, -0.15) is 0 Å². The average Bonchev–Trinajstić information content (AvgIpc) is 3.33. The summed E-state index contributed by atoms with van der Waals surface area (Å²) in [5.74, 6) is -1.78. The van der Waals surface area contributed by atoms with Crippen LogP contribution in [0.3, 0.4) is 0 Å². The summed E-state index contributed by atoms with van der Waals surface area (Å²) in [7, 11) is 0. The van der Waals surface area contributed by atoms with Crippen molar-refractivity contribution in [1.82, 2.24) is 5.32 Å². The number of fused-ring (bicyclic) bond motifs is 2. The van der Waals surface area contributed by atoms with Crippen molar-refractivity contribution in [2.24, 2.45) is 11.8 Å². The van der Waals surface area contributed by atoms with E-state index in [1.165, 1.54) is 4.90 Å². The van der Waals surface area contributed by atoms with Gasteiger partial charge in [-0.3, -0.25) is 19.7 Å². The molecule has 3 aliphatic heterocycles. The summed E-state index contributed by atoms with van der Waals surface area (Å²) in [6.07, 6.45) is 1.02. The lowest BCUT2D eigenvalue weighted by atomic mass is 9.76.